The molecule has 0 spiro atoms. The second-order valence-electron chi connectivity index (χ2n) is 6.60. The maximum atomic E-state index is 12.5. The zero-order valence-corrected chi connectivity index (χ0v) is 13.9. The van der Waals surface area contributed by atoms with Crippen LogP contribution >= 0.6 is 0 Å². The van der Waals surface area contributed by atoms with Crippen molar-refractivity contribution in [1.82, 2.24) is 20.0 Å². The fraction of sp³-hybridized carbons (Fsp3) is 0.750. The first-order valence-corrected chi connectivity index (χ1v) is 8.18. The molecule has 0 aliphatic carbocycles. The lowest BCUT2D eigenvalue weighted by molar-refractivity contribution is 0.0675. The molecule has 1 aliphatic heterocycles. The van der Waals surface area contributed by atoms with Crippen LogP contribution in [0.5, 0.6) is 0 Å². The van der Waals surface area contributed by atoms with E-state index >= 15 is 0 Å². The van der Waals surface area contributed by atoms with Crippen LogP contribution in [-0.2, 0) is 13.1 Å². The number of aliphatic hydroxyl groups is 1. The predicted octanol–water partition coefficient (Wildman–Crippen LogP) is 1.99. The number of aryl methyl sites for hydroxylation is 1. The van der Waals surface area contributed by atoms with Gasteiger partial charge in [0.05, 0.1) is 18.3 Å². The average molecular weight is 308 g/mol. The number of carbonyl (C=O) groups is 1. The van der Waals surface area contributed by atoms with Crippen molar-refractivity contribution in [2.75, 3.05) is 13.2 Å². The second-order valence-corrected chi connectivity index (χ2v) is 6.60. The van der Waals surface area contributed by atoms with E-state index in [-0.39, 0.29) is 12.6 Å². The Bertz CT molecular complexity index is 500. The van der Waals surface area contributed by atoms with Gasteiger partial charge in [-0.1, -0.05) is 13.8 Å². The summed E-state index contributed by atoms with van der Waals surface area (Å²) in [7, 11) is 0. The van der Waals surface area contributed by atoms with Crippen molar-refractivity contribution >= 4 is 6.03 Å². The normalized spacial score (nSPS) is 21.6. The highest BCUT2D eigenvalue weighted by molar-refractivity contribution is 5.75. The first-order chi connectivity index (χ1) is 10.5. The zero-order valence-electron chi connectivity index (χ0n) is 13.9. The smallest absolute Gasteiger partial charge is 0.318 e. The maximum Gasteiger partial charge on any atom is 0.318 e. The molecule has 1 aromatic heterocycles. The van der Waals surface area contributed by atoms with E-state index in [0.29, 0.717) is 19.0 Å². The Morgan fingerprint density at radius 3 is 2.91 bits per heavy atom. The Morgan fingerprint density at radius 2 is 2.32 bits per heavy atom. The first-order valence-electron chi connectivity index (χ1n) is 8.18. The van der Waals surface area contributed by atoms with Crippen LogP contribution in [0.15, 0.2) is 12.4 Å². The van der Waals surface area contributed by atoms with Crippen LogP contribution in [0, 0.1) is 5.92 Å². The molecular weight excluding hydrogens is 280 g/mol. The molecule has 124 valence electrons. The van der Waals surface area contributed by atoms with Gasteiger partial charge in [-0.2, -0.15) is 5.10 Å². The molecule has 0 saturated carbocycles. The van der Waals surface area contributed by atoms with Crippen molar-refractivity contribution in [2.45, 2.75) is 58.7 Å². The minimum atomic E-state index is -0.397. The van der Waals surface area contributed by atoms with Gasteiger partial charge < -0.3 is 15.3 Å². The summed E-state index contributed by atoms with van der Waals surface area (Å²) >= 11 is 0. The highest BCUT2D eigenvalue weighted by Crippen LogP contribution is 2.34. The molecule has 2 amide bonds. The van der Waals surface area contributed by atoms with Gasteiger partial charge in [-0.05, 0) is 32.1 Å². The molecule has 1 saturated heterocycles. The molecule has 1 aliphatic rings. The van der Waals surface area contributed by atoms with Gasteiger partial charge in [0.15, 0.2) is 0 Å². The van der Waals surface area contributed by atoms with E-state index in [0.717, 1.165) is 31.4 Å². The van der Waals surface area contributed by atoms with Crippen molar-refractivity contribution in [1.29, 1.82) is 0 Å². The van der Waals surface area contributed by atoms with Crippen LogP contribution in [0.4, 0.5) is 4.79 Å². The minimum Gasteiger partial charge on any atom is -0.394 e. The van der Waals surface area contributed by atoms with Gasteiger partial charge in [-0.3, -0.25) is 4.68 Å². The molecule has 2 heterocycles. The fourth-order valence-corrected chi connectivity index (χ4v) is 3.40. The van der Waals surface area contributed by atoms with E-state index in [1.54, 1.807) is 6.20 Å². The molecule has 0 bridgehead atoms. The number of urea groups is 1. The molecule has 2 N–H and O–H groups in total. The van der Waals surface area contributed by atoms with Gasteiger partial charge in [0.25, 0.3) is 0 Å². The first kappa shape index (κ1) is 16.8. The van der Waals surface area contributed by atoms with Gasteiger partial charge in [0.1, 0.15) is 0 Å². The number of nitrogens with one attached hydrogen (secondary N) is 1. The number of amides is 2. The maximum absolute atomic E-state index is 12.5. The van der Waals surface area contributed by atoms with Crippen LogP contribution in [0.1, 0.15) is 45.6 Å². The summed E-state index contributed by atoms with van der Waals surface area (Å²) in [5.74, 6) is 0.448. The predicted molar refractivity (Wildman–Crippen MR) is 85.3 cm³/mol. The van der Waals surface area contributed by atoms with E-state index < -0.39 is 5.54 Å². The molecule has 6 nitrogen and oxygen atoms in total. The number of aromatic nitrogens is 2. The van der Waals surface area contributed by atoms with E-state index in [4.69, 9.17) is 0 Å². The van der Waals surface area contributed by atoms with Gasteiger partial charge in [0.2, 0.25) is 0 Å². The van der Waals surface area contributed by atoms with E-state index in [2.05, 4.69) is 24.3 Å². The SMILES string of the molecule is CCn1cc(CNC(=O)N2CCCC2(CO)CC(C)C)cn1. The molecule has 1 unspecified atom stereocenters. The highest BCUT2D eigenvalue weighted by Gasteiger charge is 2.43. The molecule has 1 atom stereocenters. The standard InChI is InChI=1S/C16H28N4O2/c1-4-19-11-14(10-18-19)9-17-15(22)20-7-5-6-16(20,12-21)8-13(2)3/h10-11,13,21H,4-9,12H2,1-3H3,(H,17,22). The number of hydrogen-bond acceptors (Lipinski definition) is 3. The number of aliphatic hydroxyl groups excluding tert-OH is 1. The monoisotopic (exact) mass is 308 g/mol. The van der Waals surface area contributed by atoms with E-state index in [1.807, 2.05) is 22.7 Å². The van der Waals surface area contributed by atoms with Crippen molar-refractivity contribution in [3.63, 3.8) is 0 Å². The summed E-state index contributed by atoms with van der Waals surface area (Å²) in [6.07, 6.45) is 6.39. The summed E-state index contributed by atoms with van der Waals surface area (Å²) < 4.78 is 1.84. The molecule has 0 aromatic carbocycles. The van der Waals surface area contributed by atoms with E-state index in [1.165, 1.54) is 0 Å². The minimum absolute atomic E-state index is 0.0341. The zero-order chi connectivity index (χ0) is 16.2. The van der Waals surface area contributed by atoms with Crippen molar-refractivity contribution in [3.05, 3.63) is 18.0 Å². The van der Waals surface area contributed by atoms with E-state index in [9.17, 15) is 9.90 Å². The Balaban J connectivity index is 1.98. The third kappa shape index (κ3) is 3.61. The van der Waals surface area contributed by atoms with Crippen LogP contribution < -0.4 is 5.32 Å². The van der Waals surface area contributed by atoms with Gasteiger partial charge >= 0.3 is 6.03 Å². The molecule has 1 fully saturated rings. The fourth-order valence-electron chi connectivity index (χ4n) is 3.40. The summed E-state index contributed by atoms with van der Waals surface area (Å²) in [4.78, 5) is 14.4. The lowest BCUT2D eigenvalue weighted by Gasteiger charge is -2.38. The second kappa shape index (κ2) is 7.13. The number of likely N-dealkylation sites (tertiary alicyclic amines) is 1. The van der Waals surface area contributed by atoms with Crippen LogP contribution in [0.2, 0.25) is 0 Å². The lowest BCUT2D eigenvalue weighted by Crippen LogP contribution is -2.54. The Morgan fingerprint density at radius 1 is 1.55 bits per heavy atom. The summed E-state index contributed by atoms with van der Waals surface area (Å²) in [6, 6.07) is -0.0866. The number of nitrogens with zero attached hydrogens (tertiary/aromatic N) is 3. The topological polar surface area (TPSA) is 70.4 Å². The van der Waals surface area contributed by atoms with Gasteiger partial charge in [-0.15, -0.1) is 0 Å². The third-order valence-electron chi connectivity index (χ3n) is 4.38. The van der Waals surface area contributed by atoms with Crippen molar-refractivity contribution < 1.29 is 9.90 Å². The Labute approximate surface area is 132 Å². The molecule has 0 radical (unpaired) electrons. The quantitative estimate of drug-likeness (QED) is 0.844. The van der Waals surface area contributed by atoms with Crippen molar-refractivity contribution in [3.8, 4) is 0 Å². The Hall–Kier alpha value is -1.56. The lowest BCUT2D eigenvalue weighted by atomic mass is 9.87. The third-order valence-corrected chi connectivity index (χ3v) is 4.38. The number of rotatable bonds is 6. The largest absolute Gasteiger partial charge is 0.394 e. The van der Waals surface area contributed by atoms with Crippen molar-refractivity contribution in [2.24, 2.45) is 5.92 Å². The molecule has 1 aromatic rings. The van der Waals surface area contributed by atoms with Crippen LogP contribution in [0.3, 0.4) is 0 Å². The number of carbonyl (C=O) groups excluding carboxylic acids is 1. The van der Waals surface area contributed by atoms with Gasteiger partial charge in [0, 0.05) is 31.4 Å². The molecule has 22 heavy (non-hydrogen) atoms. The van der Waals surface area contributed by atoms with Crippen LogP contribution in [0.25, 0.3) is 0 Å². The summed E-state index contributed by atoms with van der Waals surface area (Å²) in [5, 5.41) is 17.0. The Kier molecular flexibility index (Phi) is 5.45. The van der Waals surface area contributed by atoms with Crippen LogP contribution in [-0.4, -0.2) is 44.5 Å². The molecular formula is C16H28N4O2. The molecule has 6 heteroatoms. The van der Waals surface area contributed by atoms with Gasteiger partial charge in [-0.25, -0.2) is 4.79 Å². The molecule has 2 rings (SSSR count). The summed E-state index contributed by atoms with van der Waals surface area (Å²) in [5.41, 5.74) is 0.596. The average Bonchev–Trinajstić information content (AvgIpc) is 3.11. The highest BCUT2D eigenvalue weighted by atomic mass is 16.3. The number of hydrogen-bond donors (Lipinski definition) is 2. The summed E-state index contributed by atoms with van der Waals surface area (Å²) in [6.45, 7) is 8.33.